The van der Waals surface area contributed by atoms with Gasteiger partial charge in [0.1, 0.15) is 5.60 Å². The van der Waals surface area contributed by atoms with Crippen LogP contribution < -0.4 is 0 Å². The highest BCUT2D eigenvalue weighted by molar-refractivity contribution is 5.72. The fraction of sp³-hybridized carbons (Fsp3) is 0.867. The van der Waals surface area contributed by atoms with Gasteiger partial charge in [-0.15, -0.1) is 0 Å². The van der Waals surface area contributed by atoms with Crippen LogP contribution in [-0.4, -0.2) is 30.3 Å². The Morgan fingerprint density at radius 1 is 1.24 bits per heavy atom. The van der Waals surface area contributed by atoms with E-state index in [2.05, 4.69) is 10.2 Å². The number of ether oxygens (including phenoxy) is 2. The summed E-state index contributed by atoms with van der Waals surface area (Å²) in [4.78, 5) is 23.3. The average Bonchev–Trinajstić information content (AvgIpc) is 2.34. The smallest absolute Gasteiger partial charge is 0.452 e. The Hall–Kier alpha value is -1.46. The summed E-state index contributed by atoms with van der Waals surface area (Å²) in [6.07, 6.45) is 1.52. The second-order valence-corrected chi connectivity index (χ2v) is 6.50. The van der Waals surface area contributed by atoms with Gasteiger partial charge in [-0.3, -0.25) is 4.79 Å². The summed E-state index contributed by atoms with van der Waals surface area (Å²) in [7, 11) is 0. The fourth-order valence-electron chi connectivity index (χ4n) is 2.48. The van der Waals surface area contributed by atoms with Crippen LogP contribution in [0.15, 0.2) is 10.2 Å². The molecule has 1 aliphatic rings. The first kappa shape index (κ1) is 17.6. The molecule has 0 saturated heterocycles. The lowest BCUT2D eigenvalue weighted by molar-refractivity contribution is -0.151. The highest BCUT2D eigenvalue weighted by Crippen LogP contribution is 2.32. The van der Waals surface area contributed by atoms with Crippen molar-refractivity contribution in [3.63, 3.8) is 0 Å². The monoisotopic (exact) mass is 298 g/mol. The van der Waals surface area contributed by atoms with Gasteiger partial charge in [-0.25, -0.2) is 4.79 Å². The van der Waals surface area contributed by atoms with Crippen LogP contribution in [0.3, 0.4) is 0 Å². The Bertz CT molecular complexity index is 401. The van der Waals surface area contributed by atoms with Crippen LogP contribution in [0, 0.1) is 11.8 Å². The molecular weight excluding hydrogens is 272 g/mol. The van der Waals surface area contributed by atoms with E-state index in [-0.39, 0.29) is 23.8 Å². The molecule has 0 radical (unpaired) electrons. The summed E-state index contributed by atoms with van der Waals surface area (Å²) >= 11 is 0. The molecule has 0 heterocycles. The molecule has 0 unspecified atom stereocenters. The van der Waals surface area contributed by atoms with Crippen molar-refractivity contribution in [3.05, 3.63) is 0 Å². The minimum Gasteiger partial charge on any atom is -0.466 e. The van der Waals surface area contributed by atoms with Crippen molar-refractivity contribution in [1.82, 2.24) is 0 Å². The van der Waals surface area contributed by atoms with Gasteiger partial charge in [-0.05, 0) is 52.9 Å². The normalized spacial score (nSPS) is 26.6. The number of azo groups is 1. The number of nitrogens with zero attached hydrogens (tertiary/aromatic N) is 2. The number of carbonyl (C=O) groups is 2. The van der Waals surface area contributed by atoms with E-state index < -0.39 is 11.7 Å². The molecule has 120 valence electrons. The SMILES string of the molecule is CCOC(=O)[C@H]1CC[C@H](N=NC(=O)OC(C)(C)C)C[C@@H]1C. The van der Waals surface area contributed by atoms with E-state index in [0.29, 0.717) is 6.61 Å². The summed E-state index contributed by atoms with van der Waals surface area (Å²) in [5, 5.41) is 7.68. The zero-order valence-electron chi connectivity index (χ0n) is 13.6. The van der Waals surface area contributed by atoms with Gasteiger partial charge in [0.05, 0.1) is 18.6 Å². The largest absolute Gasteiger partial charge is 0.466 e. The number of esters is 1. The Morgan fingerprint density at radius 2 is 1.90 bits per heavy atom. The zero-order chi connectivity index (χ0) is 16.0. The van der Waals surface area contributed by atoms with Crippen molar-refractivity contribution < 1.29 is 19.1 Å². The summed E-state index contributed by atoms with van der Waals surface area (Å²) in [6, 6.07) is -0.0294. The van der Waals surface area contributed by atoms with Crippen LogP contribution in [-0.2, 0) is 14.3 Å². The first-order chi connectivity index (χ1) is 9.73. The molecule has 0 aromatic heterocycles. The van der Waals surface area contributed by atoms with Crippen molar-refractivity contribution in [2.75, 3.05) is 6.61 Å². The van der Waals surface area contributed by atoms with E-state index in [4.69, 9.17) is 9.47 Å². The van der Waals surface area contributed by atoms with E-state index in [0.717, 1.165) is 19.3 Å². The fourth-order valence-corrected chi connectivity index (χ4v) is 2.48. The maximum Gasteiger partial charge on any atom is 0.452 e. The van der Waals surface area contributed by atoms with Crippen molar-refractivity contribution in [2.45, 2.75) is 65.5 Å². The first-order valence-corrected chi connectivity index (χ1v) is 7.53. The first-order valence-electron chi connectivity index (χ1n) is 7.53. The van der Waals surface area contributed by atoms with Gasteiger partial charge in [0.15, 0.2) is 0 Å². The Labute approximate surface area is 126 Å². The molecule has 1 rings (SSSR count). The molecular formula is C15H26N2O4. The Balaban J connectivity index is 2.48. The summed E-state index contributed by atoms with van der Waals surface area (Å²) in [6.45, 7) is 9.58. The minimum atomic E-state index is -0.664. The topological polar surface area (TPSA) is 77.3 Å². The highest BCUT2D eigenvalue weighted by atomic mass is 16.6. The zero-order valence-corrected chi connectivity index (χ0v) is 13.6. The van der Waals surface area contributed by atoms with Gasteiger partial charge in [0.2, 0.25) is 0 Å². The lowest BCUT2D eigenvalue weighted by atomic mass is 9.78. The van der Waals surface area contributed by atoms with E-state index in [1.807, 2.05) is 13.8 Å². The molecule has 1 aliphatic carbocycles. The molecule has 0 aromatic carbocycles. The van der Waals surface area contributed by atoms with Crippen LogP contribution in [0.2, 0.25) is 0 Å². The molecule has 6 heteroatoms. The van der Waals surface area contributed by atoms with Crippen LogP contribution in [0.1, 0.15) is 53.9 Å². The third-order valence-electron chi connectivity index (χ3n) is 3.43. The lowest BCUT2D eigenvalue weighted by Gasteiger charge is -2.30. The van der Waals surface area contributed by atoms with Gasteiger partial charge in [-0.1, -0.05) is 12.0 Å². The molecule has 1 amide bonds. The maximum absolute atomic E-state index is 11.8. The van der Waals surface area contributed by atoms with E-state index >= 15 is 0 Å². The van der Waals surface area contributed by atoms with E-state index in [1.165, 1.54) is 0 Å². The molecule has 0 bridgehead atoms. The molecule has 1 saturated carbocycles. The van der Waals surface area contributed by atoms with Crippen molar-refractivity contribution in [2.24, 2.45) is 22.1 Å². The predicted octanol–water partition coefficient (Wildman–Crippen LogP) is 3.74. The molecule has 0 N–H and O–H groups in total. The number of carbonyl (C=O) groups excluding carboxylic acids is 2. The number of rotatable bonds is 3. The second kappa shape index (κ2) is 7.52. The Morgan fingerprint density at radius 3 is 2.43 bits per heavy atom. The van der Waals surface area contributed by atoms with Gasteiger partial charge in [0, 0.05) is 0 Å². The van der Waals surface area contributed by atoms with Crippen molar-refractivity contribution in [3.8, 4) is 0 Å². The van der Waals surface area contributed by atoms with Gasteiger partial charge >= 0.3 is 12.1 Å². The molecule has 0 spiro atoms. The summed E-state index contributed by atoms with van der Waals surface area (Å²) in [5.74, 6) is -0.0224. The standard InChI is InChI=1S/C15H26N2O4/c1-6-20-13(18)12-8-7-11(9-10(12)2)16-17-14(19)21-15(3,4)5/h10-12H,6-9H2,1-5H3/t10-,11-,12-/m0/s1. The van der Waals surface area contributed by atoms with E-state index in [1.54, 1.807) is 20.8 Å². The third-order valence-corrected chi connectivity index (χ3v) is 3.43. The predicted molar refractivity (Wildman–Crippen MR) is 78.0 cm³/mol. The molecule has 0 aromatic rings. The highest BCUT2D eigenvalue weighted by Gasteiger charge is 2.33. The van der Waals surface area contributed by atoms with Crippen LogP contribution >= 0.6 is 0 Å². The molecule has 0 aliphatic heterocycles. The average molecular weight is 298 g/mol. The van der Waals surface area contributed by atoms with Crippen LogP contribution in [0.25, 0.3) is 0 Å². The van der Waals surface area contributed by atoms with Crippen LogP contribution in [0.5, 0.6) is 0 Å². The van der Waals surface area contributed by atoms with Crippen molar-refractivity contribution in [1.29, 1.82) is 0 Å². The molecule has 21 heavy (non-hydrogen) atoms. The lowest BCUT2D eigenvalue weighted by Crippen LogP contribution is -2.32. The maximum atomic E-state index is 11.8. The van der Waals surface area contributed by atoms with Crippen LogP contribution in [0.4, 0.5) is 4.79 Å². The van der Waals surface area contributed by atoms with Gasteiger partial charge in [0.25, 0.3) is 0 Å². The number of hydrogen-bond acceptors (Lipinski definition) is 5. The third kappa shape index (κ3) is 6.23. The minimum absolute atomic E-state index is 0.0294. The number of amides is 1. The van der Waals surface area contributed by atoms with Crippen molar-refractivity contribution >= 4 is 12.1 Å². The molecule has 3 atom stereocenters. The Kier molecular flexibility index (Phi) is 6.30. The molecule has 6 nitrogen and oxygen atoms in total. The van der Waals surface area contributed by atoms with E-state index in [9.17, 15) is 9.59 Å². The van der Waals surface area contributed by atoms with Gasteiger partial charge < -0.3 is 9.47 Å². The molecule has 1 fully saturated rings. The summed E-state index contributed by atoms with van der Waals surface area (Å²) in [5.41, 5.74) is -0.565. The quantitative estimate of drug-likeness (QED) is 0.587. The summed E-state index contributed by atoms with van der Waals surface area (Å²) < 4.78 is 10.1. The van der Waals surface area contributed by atoms with Gasteiger partial charge in [-0.2, -0.15) is 5.11 Å². The number of hydrogen-bond donors (Lipinski definition) is 0. The second-order valence-electron chi connectivity index (χ2n) is 6.50.